The van der Waals surface area contributed by atoms with Gasteiger partial charge in [0.2, 0.25) is 0 Å². The molecule has 0 saturated carbocycles. The zero-order valence-corrected chi connectivity index (χ0v) is 17.3. The summed E-state index contributed by atoms with van der Waals surface area (Å²) in [5.41, 5.74) is -0.423. The summed E-state index contributed by atoms with van der Waals surface area (Å²) in [6.07, 6.45) is 2.31. The Hall–Kier alpha value is -2.91. The molecule has 0 unspecified atom stereocenters. The van der Waals surface area contributed by atoms with Crippen LogP contribution in [-0.2, 0) is 21.7 Å². The fourth-order valence-electron chi connectivity index (χ4n) is 4.54. The molecule has 1 atom stereocenters. The Morgan fingerprint density at radius 2 is 2.03 bits per heavy atom. The highest BCUT2D eigenvalue weighted by Gasteiger charge is 2.46. The quantitative estimate of drug-likeness (QED) is 0.669. The number of hydrogen-bond acceptors (Lipinski definition) is 5. The van der Waals surface area contributed by atoms with Gasteiger partial charge in [-0.2, -0.15) is 5.10 Å². The van der Waals surface area contributed by atoms with E-state index in [0.717, 1.165) is 0 Å². The Labute approximate surface area is 177 Å². The van der Waals surface area contributed by atoms with E-state index in [9.17, 15) is 9.18 Å². The molecule has 2 aliphatic heterocycles. The molecular formula is C22H23F2N5O2. The number of alkyl halides is 1. The zero-order chi connectivity index (χ0) is 21.8. The number of amides is 1. The highest BCUT2D eigenvalue weighted by atomic mass is 19.1. The molecule has 1 fully saturated rings. The van der Waals surface area contributed by atoms with Crippen LogP contribution in [0, 0.1) is 5.82 Å². The number of pyridine rings is 1. The minimum Gasteiger partial charge on any atom is -0.364 e. The Balaban J connectivity index is 1.70. The van der Waals surface area contributed by atoms with Crippen LogP contribution in [0.15, 0.2) is 30.5 Å². The van der Waals surface area contributed by atoms with E-state index in [1.807, 2.05) is 0 Å². The molecule has 0 radical (unpaired) electrons. The van der Waals surface area contributed by atoms with Crippen LogP contribution in [-0.4, -0.2) is 46.5 Å². The van der Waals surface area contributed by atoms with Crippen molar-refractivity contribution in [1.82, 2.24) is 20.1 Å². The van der Waals surface area contributed by atoms with Crippen LogP contribution in [0.2, 0.25) is 0 Å². The molecule has 0 bridgehead atoms. The number of halogens is 2. The van der Waals surface area contributed by atoms with Gasteiger partial charge < -0.3 is 15.4 Å². The van der Waals surface area contributed by atoms with Crippen LogP contribution in [0.25, 0.3) is 22.2 Å². The molecule has 0 aliphatic carbocycles. The maximum atomic E-state index is 15.5. The molecule has 162 valence electrons. The Bertz CT molecular complexity index is 1190. The smallest absolute Gasteiger partial charge is 0.262 e. The number of hydrogen-bond donors (Lipinski definition) is 2. The second-order valence-corrected chi connectivity index (χ2v) is 8.34. The van der Waals surface area contributed by atoms with E-state index in [0.29, 0.717) is 59.5 Å². The summed E-state index contributed by atoms with van der Waals surface area (Å²) in [6.45, 7) is 2.88. The normalized spacial score (nSPS) is 22.5. The van der Waals surface area contributed by atoms with Crippen LogP contribution in [0.3, 0.4) is 0 Å². The molecule has 2 N–H and O–H groups in total. The third kappa shape index (κ3) is 3.11. The molecule has 4 heterocycles. The van der Waals surface area contributed by atoms with E-state index in [2.05, 4.69) is 15.6 Å². The van der Waals surface area contributed by atoms with E-state index in [-0.39, 0.29) is 12.5 Å². The molecule has 3 aromatic rings. The molecule has 9 heteroatoms. The van der Waals surface area contributed by atoms with Gasteiger partial charge in [-0.05, 0) is 57.1 Å². The zero-order valence-electron chi connectivity index (χ0n) is 17.3. The number of fused-ring (bicyclic) bond motifs is 2. The molecular weight excluding hydrogens is 404 g/mol. The molecule has 31 heavy (non-hydrogen) atoms. The van der Waals surface area contributed by atoms with Crippen LogP contribution in [0.1, 0.15) is 25.3 Å². The first-order valence-electron chi connectivity index (χ1n) is 10.3. The van der Waals surface area contributed by atoms with Gasteiger partial charge in [0.25, 0.3) is 5.91 Å². The second-order valence-electron chi connectivity index (χ2n) is 8.34. The van der Waals surface area contributed by atoms with Crippen LogP contribution in [0.4, 0.5) is 14.6 Å². The number of anilines is 1. The van der Waals surface area contributed by atoms with Crippen molar-refractivity contribution in [3.05, 3.63) is 41.8 Å². The molecule has 1 amide bonds. The number of carbonyl (C=O) groups excluding carboxylic acids is 1. The third-order valence-corrected chi connectivity index (χ3v) is 6.40. The lowest BCUT2D eigenvalue weighted by molar-refractivity contribution is -0.135. The fourth-order valence-corrected chi connectivity index (χ4v) is 4.54. The van der Waals surface area contributed by atoms with Crippen molar-refractivity contribution in [2.75, 3.05) is 25.5 Å². The maximum absolute atomic E-state index is 15.5. The van der Waals surface area contributed by atoms with Gasteiger partial charge in [-0.15, -0.1) is 0 Å². The van der Waals surface area contributed by atoms with Gasteiger partial charge >= 0.3 is 0 Å². The standard InChI is InChI=1S/C22H23F2N5O2/c1-21(31-2)17-15(5-8-26-19(17)27-20(21)30)18-14-4-3-13(23)11-16(14)29(28-18)12-22(24)6-9-25-10-7-22/h3-5,8,11,25H,6-7,9-10,12H2,1-2H3,(H,26,27,30)/t21-/m1/s1. The molecule has 1 aromatic carbocycles. The number of aromatic nitrogens is 3. The highest BCUT2D eigenvalue weighted by molar-refractivity contribution is 6.07. The van der Waals surface area contributed by atoms with E-state index in [4.69, 9.17) is 9.84 Å². The number of rotatable bonds is 4. The average Bonchev–Trinajstić information content (AvgIpc) is 3.23. The minimum atomic E-state index is -1.42. The lowest BCUT2D eigenvalue weighted by Gasteiger charge is -2.30. The minimum absolute atomic E-state index is 0.0284. The average molecular weight is 427 g/mol. The first-order chi connectivity index (χ1) is 14.8. The fraction of sp³-hybridized carbons (Fsp3) is 0.409. The van der Waals surface area contributed by atoms with Crippen LogP contribution >= 0.6 is 0 Å². The second kappa shape index (κ2) is 7.06. The number of ether oxygens (including phenoxy) is 1. The van der Waals surface area contributed by atoms with E-state index < -0.39 is 17.1 Å². The highest BCUT2D eigenvalue weighted by Crippen LogP contribution is 2.44. The van der Waals surface area contributed by atoms with Gasteiger partial charge in [-0.25, -0.2) is 13.8 Å². The summed E-state index contributed by atoms with van der Waals surface area (Å²) < 4.78 is 36.7. The molecule has 0 spiro atoms. The van der Waals surface area contributed by atoms with Crippen molar-refractivity contribution in [3.63, 3.8) is 0 Å². The number of benzene rings is 1. The topological polar surface area (TPSA) is 81.1 Å². The Morgan fingerprint density at radius 3 is 2.77 bits per heavy atom. The maximum Gasteiger partial charge on any atom is 0.262 e. The lowest BCUT2D eigenvalue weighted by atomic mass is 9.92. The number of nitrogens with one attached hydrogen (secondary N) is 2. The molecule has 1 saturated heterocycles. The largest absolute Gasteiger partial charge is 0.364 e. The van der Waals surface area contributed by atoms with E-state index in [1.54, 1.807) is 29.9 Å². The molecule has 5 rings (SSSR count). The van der Waals surface area contributed by atoms with Gasteiger partial charge in [-0.3, -0.25) is 9.48 Å². The van der Waals surface area contributed by atoms with Crippen molar-refractivity contribution in [3.8, 4) is 11.3 Å². The van der Waals surface area contributed by atoms with Crippen molar-refractivity contribution < 1.29 is 18.3 Å². The van der Waals surface area contributed by atoms with Gasteiger partial charge in [0.05, 0.1) is 12.1 Å². The summed E-state index contributed by atoms with van der Waals surface area (Å²) in [4.78, 5) is 16.9. The van der Waals surface area contributed by atoms with Crippen LogP contribution < -0.4 is 10.6 Å². The third-order valence-electron chi connectivity index (χ3n) is 6.40. The van der Waals surface area contributed by atoms with Gasteiger partial charge in [0, 0.05) is 29.8 Å². The number of nitrogens with zero attached hydrogens (tertiary/aromatic N) is 3. The van der Waals surface area contributed by atoms with Gasteiger partial charge in [0.15, 0.2) is 5.60 Å². The first-order valence-corrected chi connectivity index (χ1v) is 10.3. The Kier molecular flexibility index (Phi) is 4.56. The van der Waals surface area contributed by atoms with Gasteiger partial charge in [0.1, 0.15) is 23.0 Å². The molecule has 2 aromatic heterocycles. The summed E-state index contributed by atoms with van der Waals surface area (Å²) in [7, 11) is 1.46. The number of methoxy groups -OCH3 is 1. The number of piperidine rings is 1. The van der Waals surface area contributed by atoms with E-state index >= 15 is 4.39 Å². The van der Waals surface area contributed by atoms with Crippen molar-refractivity contribution >= 4 is 22.6 Å². The summed E-state index contributed by atoms with van der Waals surface area (Å²) >= 11 is 0. The Morgan fingerprint density at radius 1 is 1.26 bits per heavy atom. The SMILES string of the molecule is CO[C@@]1(C)C(=O)Nc2nccc(-c3nn(CC4(F)CCNCC4)c4cc(F)ccc34)c21. The first kappa shape index (κ1) is 20.0. The monoisotopic (exact) mass is 427 g/mol. The molecule has 7 nitrogen and oxygen atoms in total. The molecule has 2 aliphatic rings. The van der Waals surface area contributed by atoms with Crippen molar-refractivity contribution in [2.45, 2.75) is 37.6 Å². The predicted molar refractivity (Wildman–Crippen MR) is 112 cm³/mol. The van der Waals surface area contributed by atoms with E-state index in [1.165, 1.54) is 19.2 Å². The summed E-state index contributed by atoms with van der Waals surface area (Å²) in [5, 5.41) is 11.3. The number of carbonyl (C=O) groups is 1. The van der Waals surface area contributed by atoms with Crippen molar-refractivity contribution in [1.29, 1.82) is 0 Å². The summed E-state index contributed by atoms with van der Waals surface area (Å²) in [5.74, 6) is -0.342. The predicted octanol–water partition coefficient (Wildman–Crippen LogP) is 3.14. The van der Waals surface area contributed by atoms with Crippen molar-refractivity contribution in [2.24, 2.45) is 0 Å². The van der Waals surface area contributed by atoms with Crippen LogP contribution in [0.5, 0.6) is 0 Å². The summed E-state index contributed by atoms with van der Waals surface area (Å²) in [6, 6.07) is 6.12. The lowest BCUT2D eigenvalue weighted by Crippen LogP contribution is -2.41. The van der Waals surface area contributed by atoms with Gasteiger partial charge in [-0.1, -0.05) is 0 Å².